The van der Waals surface area contributed by atoms with Crippen LogP contribution in [0.5, 0.6) is 0 Å². The lowest BCUT2D eigenvalue weighted by Crippen LogP contribution is -2.33. The summed E-state index contributed by atoms with van der Waals surface area (Å²) in [6.45, 7) is 0.0708. The molecule has 0 saturated carbocycles. The van der Waals surface area contributed by atoms with Crippen molar-refractivity contribution >= 4 is 0 Å². The Morgan fingerprint density at radius 1 is 1.44 bits per heavy atom. The Labute approximate surface area is 101 Å². The molecule has 0 fully saturated rings. The minimum atomic E-state index is -4.16. The van der Waals surface area contributed by atoms with Gasteiger partial charge in [-0.15, -0.1) is 0 Å². The van der Waals surface area contributed by atoms with Gasteiger partial charge in [0.1, 0.15) is 6.61 Å². The molecule has 0 spiro atoms. The Bertz CT molecular complexity index is 445. The third kappa shape index (κ3) is 3.83. The lowest BCUT2D eigenvalue weighted by atomic mass is 10.3. The molecule has 0 aliphatic carbocycles. The summed E-state index contributed by atoms with van der Waals surface area (Å²) in [6.07, 6.45) is -2.27. The summed E-state index contributed by atoms with van der Waals surface area (Å²) in [5.74, 6) is -4.16. The predicted octanol–water partition coefficient (Wildman–Crippen LogP) is 2.07. The van der Waals surface area contributed by atoms with Crippen LogP contribution in [0.2, 0.25) is 0 Å². The number of rotatable bonds is 6. The first-order valence-electron chi connectivity index (χ1n) is 5.24. The molecular weight excluding hydrogens is 254 g/mol. The second-order valence-corrected chi connectivity index (χ2v) is 3.80. The molecule has 0 aromatic carbocycles. The predicted molar refractivity (Wildman–Crippen MR) is 57.2 cm³/mol. The first-order chi connectivity index (χ1) is 8.34. The molecule has 1 rings (SSSR count). The zero-order chi connectivity index (χ0) is 13.8. The topological polar surface area (TPSA) is 31.2 Å². The van der Waals surface area contributed by atoms with Crippen LogP contribution in [0.4, 0.5) is 17.6 Å². The van der Waals surface area contributed by atoms with Gasteiger partial charge in [-0.2, -0.15) is 8.78 Å². The highest BCUT2D eigenvalue weighted by Gasteiger charge is 2.40. The SMILES string of the molecule is Cc1cccn(CCOCC(F)(F)C(F)F)c1=O. The second kappa shape index (κ2) is 5.99. The van der Waals surface area contributed by atoms with E-state index in [-0.39, 0.29) is 18.7 Å². The molecule has 0 aliphatic rings. The monoisotopic (exact) mass is 267 g/mol. The second-order valence-electron chi connectivity index (χ2n) is 3.80. The fourth-order valence-corrected chi connectivity index (χ4v) is 1.27. The summed E-state index contributed by atoms with van der Waals surface area (Å²) < 4.78 is 54.3. The van der Waals surface area contributed by atoms with Gasteiger partial charge in [-0.3, -0.25) is 4.79 Å². The van der Waals surface area contributed by atoms with Crippen LogP contribution in [0.15, 0.2) is 23.1 Å². The van der Waals surface area contributed by atoms with Crippen LogP contribution in [0.3, 0.4) is 0 Å². The molecule has 0 amide bonds. The molecule has 18 heavy (non-hydrogen) atoms. The van der Waals surface area contributed by atoms with Crippen molar-refractivity contribution in [1.29, 1.82) is 0 Å². The van der Waals surface area contributed by atoms with Crippen molar-refractivity contribution in [2.24, 2.45) is 0 Å². The summed E-state index contributed by atoms with van der Waals surface area (Å²) in [6, 6.07) is 3.25. The van der Waals surface area contributed by atoms with Crippen molar-refractivity contribution in [2.45, 2.75) is 25.8 Å². The van der Waals surface area contributed by atoms with Crippen LogP contribution in [0.25, 0.3) is 0 Å². The number of hydrogen-bond donors (Lipinski definition) is 0. The van der Waals surface area contributed by atoms with Crippen LogP contribution in [0, 0.1) is 6.92 Å². The summed E-state index contributed by atoms with van der Waals surface area (Å²) in [5, 5.41) is 0. The number of halogens is 4. The number of ether oxygens (including phenoxy) is 1. The van der Waals surface area contributed by atoms with Gasteiger partial charge in [-0.25, -0.2) is 8.78 Å². The van der Waals surface area contributed by atoms with Crippen molar-refractivity contribution in [3.05, 3.63) is 34.2 Å². The Hall–Kier alpha value is -1.37. The van der Waals surface area contributed by atoms with Gasteiger partial charge in [0.25, 0.3) is 5.56 Å². The summed E-state index contributed by atoms with van der Waals surface area (Å²) in [4.78, 5) is 11.5. The molecule has 0 aliphatic heterocycles. The van der Waals surface area contributed by atoms with Gasteiger partial charge < -0.3 is 9.30 Å². The Morgan fingerprint density at radius 2 is 2.11 bits per heavy atom. The van der Waals surface area contributed by atoms with Crippen LogP contribution in [-0.4, -0.2) is 30.1 Å². The molecule has 1 aromatic rings. The largest absolute Gasteiger partial charge is 0.373 e. The summed E-state index contributed by atoms with van der Waals surface area (Å²) >= 11 is 0. The smallest absolute Gasteiger partial charge is 0.330 e. The number of nitrogens with zero attached hydrogens (tertiary/aromatic N) is 1. The lowest BCUT2D eigenvalue weighted by Gasteiger charge is -2.15. The number of pyridine rings is 1. The lowest BCUT2D eigenvalue weighted by molar-refractivity contribution is -0.166. The highest BCUT2D eigenvalue weighted by molar-refractivity contribution is 5.07. The molecule has 0 saturated heterocycles. The summed E-state index contributed by atoms with van der Waals surface area (Å²) in [7, 11) is 0. The van der Waals surface area contributed by atoms with E-state index in [9.17, 15) is 22.4 Å². The standard InChI is InChI=1S/C11H13F4NO2/c1-8-3-2-4-16(9(8)17)5-6-18-7-11(14,15)10(12)13/h2-4,10H,5-7H2,1H3. The maximum Gasteiger partial charge on any atom is 0.330 e. The van der Waals surface area contributed by atoms with E-state index in [1.807, 2.05) is 0 Å². The average molecular weight is 267 g/mol. The highest BCUT2D eigenvalue weighted by Crippen LogP contribution is 2.22. The van der Waals surface area contributed by atoms with E-state index in [0.29, 0.717) is 5.56 Å². The minimum absolute atomic E-state index is 0.0415. The van der Waals surface area contributed by atoms with E-state index >= 15 is 0 Å². The van der Waals surface area contributed by atoms with Gasteiger partial charge in [-0.1, -0.05) is 6.07 Å². The Kier molecular flexibility index (Phi) is 4.89. The van der Waals surface area contributed by atoms with Crippen LogP contribution < -0.4 is 5.56 Å². The van der Waals surface area contributed by atoms with E-state index in [1.165, 1.54) is 10.8 Å². The van der Waals surface area contributed by atoms with Crippen molar-refractivity contribution in [3.63, 3.8) is 0 Å². The van der Waals surface area contributed by atoms with Gasteiger partial charge in [0.15, 0.2) is 0 Å². The maximum absolute atomic E-state index is 12.5. The molecule has 102 valence electrons. The molecule has 3 nitrogen and oxygen atoms in total. The highest BCUT2D eigenvalue weighted by atomic mass is 19.3. The molecule has 0 N–H and O–H groups in total. The Balaban J connectivity index is 2.44. The van der Waals surface area contributed by atoms with Crippen molar-refractivity contribution in [2.75, 3.05) is 13.2 Å². The van der Waals surface area contributed by atoms with Gasteiger partial charge in [-0.05, 0) is 13.0 Å². The minimum Gasteiger partial charge on any atom is -0.373 e. The molecule has 1 heterocycles. The molecule has 0 radical (unpaired) electrons. The molecule has 0 unspecified atom stereocenters. The Morgan fingerprint density at radius 3 is 2.72 bits per heavy atom. The van der Waals surface area contributed by atoms with E-state index in [0.717, 1.165) is 0 Å². The summed E-state index contributed by atoms with van der Waals surface area (Å²) in [5.41, 5.74) is 0.247. The number of aryl methyl sites for hydroxylation is 1. The molecule has 0 atom stereocenters. The number of alkyl halides is 4. The molecule has 7 heteroatoms. The average Bonchev–Trinajstić information content (AvgIpc) is 2.29. The third-order valence-electron chi connectivity index (χ3n) is 2.30. The van der Waals surface area contributed by atoms with Gasteiger partial charge in [0.2, 0.25) is 0 Å². The molecular formula is C11H13F4NO2. The zero-order valence-corrected chi connectivity index (χ0v) is 9.71. The quantitative estimate of drug-likeness (QED) is 0.583. The van der Waals surface area contributed by atoms with E-state index in [2.05, 4.69) is 4.74 Å². The maximum atomic E-state index is 12.5. The number of hydrogen-bond acceptors (Lipinski definition) is 2. The fraction of sp³-hybridized carbons (Fsp3) is 0.545. The van der Waals surface area contributed by atoms with Gasteiger partial charge in [0, 0.05) is 18.3 Å². The van der Waals surface area contributed by atoms with E-state index < -0.39 is 19.0 Å². The fourth-order valence-electron chi connectivity index (χ4n) is 1.27. The zero-order valence-electron chi connectivity index (χ0n) is 9.71. The van der Waals surface area contributed by atoms with Crippen LogP contribution >= 0.6 is 0 Å². The van der Waals surface area contributed by atoms with Crippen LogP contribution in [0.1, 0.15) is 5.56 Å². The first kappa shape index (κ1) is 14.7. The van der Waals surface area contributed by atoms with Gasteiger partial charge in [0.05, 0.1) is 6.61 Å². The third-order valence-corrected chi connectivity index (χ3v) is 2.30. The normalized spacial score (nSPS) is 12.1. The molecule has 1 aromatic heterocycles. The van der Waals surface area contributed by atoms with Crippen LogP contribution in [-0.2, 0) is 11.3 Å². The number of aromatic nitrogens is 1. The van der Waals surface area contributed by atoms with Crippen molar-refractivity contribution in [1.82, 2.24) is 4.57 Å². The van der Waals surface area contributed by atoms with Crippen molar-refractivity contribution < 1.29 is 22.3 Å². The van der Waals surface area contributed by atoms with Gasteiger partial charge >= 0.3 is 12.3 Å². The first-order valence-corrected chi connectivity index (χ1v) is 5.24. The van der Waals surface area contributed by atoms with E-state index in [4.69, 9.17) is 0 Å². The van der Waals surface area contributed by atoms with E-state index in [1.54, 1.807) is 19.1 Å². The molecule has 0 bridgehead atoms. The van der Waals surface area contributed by atoms with Crippen molar-refractivity contribution in [3.8, 4) is 0 Å².